The van der Waals surface area contributed by atoms with Crippen molar-refractivity contribution in [2.24, 2.45) is 5.14 Å². The van der Waals surface area contributed by atoms with Crippen LogP contribution < -0.4 is 10.5 Å². The van der Waals surface area contributed by atoms with Crippen LogP contribution in [0.4, 0.5) is 5.82 Å². The fraction of sp³-hybridized carbons (Fsp3) is 0.353. The SMILES string of the molecule is NS(=O)(=O)Cc1ccc(CNc2ccc(S(=O)(=O)N3CCOCC3)cn2)cc1. The minimum absolute atomic E-state index is 0.146. The Balaban J connectivity index is 1.60. The summed E-state index contributed by atoms with van der Waals surface area (Å²) in [5, 5.41) is 8.13. The number of nitrogens with one attached hydrogen (secondary N) is 1. The molecular formula is C17H22N4O5S2. The monoisotopic (exact) mass is 426 g/mol. The van der Waals surface area contributed by atoms with E-state index in [4.69, 9.17) is 9.88 Å². The molecule has 0 saturated carbocycles. The number of primary sulfonamides is 1. The second-order valence-corrected chi connectivity index (χ2v) is 9.93. The molecule has 0 bridgehead atoms. The summed E-state index contributed by atoms with van der Waals surface area (Å²) in [6, 6.07) is 10.1. The van der Waals surface area contributed by atoms with Gasteiger partial charge in [-0.2, -0.15) is 4.31 Å². The molecular weight excluding hydrogens is 404 g/mol. The second-order valence-electron chi connectivity index (χ2n) is 6.37. The van der Waals surface area contributed by atoms with E-state index in [1.54, 1.807) is 30.3 Å². The zero-order chi connectivity index (χ0) is 20.2. The minimum atomic E-state index is -3.56. The van der Waals surface area contributed by atoms with Crippen molar-refractivity contribution in [3.63, 3.8) is 0 Å². The Morgan fingerprint density at radius 2 is 1.64 bits per heavy atom. The third-order valence-corrected chi connectivity index (χ3v) is 6.83. The van der Waals surface area contributed by atoms with Crippen LogP contribution in [-0.2, 0) is 37.1 Å². The van der Waals surface area contributed by atoms with Gasteiger partial charge in [0.15, 0.2) is 0 Å². The van der Waals surface area contributed by atoms with Crippen molar-refractivity contribution < 1.29 is 21.6 Å². The van der Waals surface area contributed by atoms with E-state index >= 15 is 0 Å². The number of ether oxygens (including phenoxy) is 1. The van der Waals surface area contributed by atoms with Gasteiger partial charge in [0.2, 0.25) is 20.0 Å². The van der Waals surface area contributed by atoms with Crippen molar-refractivity contribution in [3.05, 3.63) is 53.7 Å². The number of hydrogen-bond acceptors (Lipinski definition) is 7. The number of anilines is 1. The van der Waals surface area contributed by atoms with Crippen molar-refractivity contribution in [2.45, 2.75) is 17.2 Å². The topological polar surface area (TPSA) is 132 Å². The van der Waals surface area contributed by atoms with Gasteiger partial charge in [-0.05, 0) is 23.3 Å². The van der Waals surface area contributed by atoms with Crippen LogP contribution in [0.15, 0.2) is 47.5 Å². The molecule has 2 aromatic rings. The van der Waals surface area contributed by atoms with Gasteiger partial charge in [0.05, 0.1) is 19.0 Å². The summed E-state index contributed by atoms with van der Waals surface area (Å²) in [5.41, 5.74) is 1.53. The van der Waals surface area contributed by atoms with Crippen LogP contribution in [0.1, 0.15) is 11.1 Å². The van der Waals surface area contributed by atoms with Crippen molar-refractivity contribution in [1.29, 1.82) is 0 Å². The number of pyridine rings is 1. The number of nitrogens with two attached hydrogens (primary N) is 1. The first-order valence-electron chi connectivity index (χ1n) is 8.60. The molecule has 1 aromatic heterocycles. The highest BCUT2D eigenvalue weighted by Crippen LogP contribution is 2.18. The van der Waals surface area contributed by atoms with Crippen LogP contribution in [0.25, 0.3) is 0 Å². The van der Waals surface area contributed by atoms with Crippen LogP contribution >= 0.6 is 0 Å². The van der Waals surface area contributed by atoms with E-state index in [-0.39, 0.29) is 10.6 Å². The molecule has 11 heteroatoms. The van der Waals surface area contributed by atoms with Gasteiger partial charge in [0, 0.05) is 25.8 Å². The molecule has 0 aliphatic carbocycles. The van der Waals surface area contributed by atoms with Crippen molar-refractivity contribution in [3.8, 4) is 0 Å². The summed E-state index contributed by atoms with van der Waals surface area (Å²) >= 11 is 0. The van der Waals surface area contributed by atoms with E-state index in [2.05, 4.69) is 10.3 Å². The number of aromatic nitrogens is 1. The van der Waals surface area contributed by atoms with Crippen molar-refractivity contribution in [1.82, 2.24) is 9.29 Å². The number of benzene rings is 1. The fourth-order valence-electron chi connectivity index (χ4n) is 2.75. The average Bonchev–Trinajstić information content (AvgIpc) is 2.67. The lowest BCUT2D eigenvalue weighted by molar-refractivity contribution is 0.0730. The van der Waals surface area contributed by atoms with E-state index < -0.39 is 20.0 Å². The minimum Gasteiger partial charge on any atom is -0.379 e. The van der Waals surface area contributed by atoms with Gasteiger partial charge in [-0.1, -0.05) is 24.3 Å². The van der Waals surface area contributed by atoms with Gasteiger partial charge in [-0.3, -0.25) is 0 Å². The van der Waals surface area contributed by atoms with Gasteiger partial charge < -0.3 is 10.1 Å². The molecule has 9 nitrogen and oxygen atoms in total. The summed E-state index contributed by atoms with van der Waals surface area (Å²) in [5.74, 6) is 0.330. The summed E-state index contributed by atoms with van der Waals surface area (Å²) < 4.78 is 53.9. The maximum atomic E-state index is 12.6. The van der Waals surface area contributed by atoms with Crippen LogP contribution in [0.2, 0.25) is 0 Å². The van der Waals surface area contributed by atoms with E-state index in [1.165, 1.54) is 16.6 Å². The zero-order valence-corrected chi connectivity index (χ0v) is 16.7. The first-order valence-corrected chi connectivity index (χ1v) is 11.8. The van der Waals surface area contributed by atoms with Gasteiger partial charge >= 0.3 is 0 Å². The number of nitrogens with zero attached hydrogens (tertiary/aromatic N) is 2. The molecule has 1 aliphatic rings. The summed E-state index contributed by atoms with van der Waals surface area (Å²) in [7, 11) is -7.12. The van der Waals surface area contributed by atoms with Crippen LogP contribution in [-0.4, -0.2) is 52.4 Å². The van der Waals surface area contributed by atoms with Gasteiger partial charge in [-0.15, -0.1) is 0 Å². The maximum absolute atomic E-state index is 12.6. The number of sulfonamides is 2. The first-order chi connectivity index (χ1) is 13.2. The largest absolute Gasteiger partial charge is 0.379 e. The third kappa shape index (κ3) is 5.49. The van der Waals surface area contributed by atoms with Crippen molar-refractivity contribution in [2.75, 3.05) is 31.6 Å². The van der Waals surface area contributed by atoms with E-state index in [0.717, 1.165) is 5.56 Å². The smallest absolute Gasteiger partial charge is 0.244 e. The number of hydrogen-bond donors (Lipinski definition) is 2. The molecule has 1 aromatic carbocycles. The lowest BCUT2D eigenvalue weighted by Crippen LogP contribution is -2.40. The normalized spacial score (nSPS) is 16.0. The quantitative estimate of drug-likeness (QED) is 0.659. The summed E-state index contributed by atoms with van der Waals surface area (Å²) in [4.78, 5) is 4.32. The number of morpholine rings is 1. The zero-order valence-electron chi connectivity index (χ0n) is 15.1. The van der Waals surface area contributed by atoms with Crippen LogP contribution in [0, 0.1) is 0 Å². The number of rotatable bonds is 7. The molecule has 0 amide bonds. The molecule has 3 rings (SSSR count). The van der Waals surface area contributed by atoms with Gasteiger partial charge in [0.25, 0.3) is 0 Å². The molecule has 152 valence electrons. The van der Waals surface area contributed by atoms with Gasteiger partial charge in [-0.25, -0.2) is 27.0 Å². The molecule has 1 fully saturated rings. The van der Waals surface area contributed by atoms with E-state index in [0.29, 0.717) is 44.2 Å². The predicted octanol–water partition coefficient (Wildman–Crippen LogP) is 0.503. The fourth-order valence-corrected chi connectivity index (χ4v) is 4.76. The standard InChI is InChI=1S/C17H22N4O5S2/c18-27(22,23)13-15-3-1-14(2-4-15)11-19-17-6-5-16(12-20-17)28(24,25)21-7-9-26-10-8-21/h1-6,12H,7-11,13H2,(H,19,20)(H2,18,22,23). The summed E-state index contributed by atoms with van der Waals surface area (Å²) in [6.45, 7) is 1.91. The molecule has 3 N–H and O–H groups in total. The Bertz CT molecular complexity index is 1000. The Hall–Kier alpha value is -2.05. The second kappa shape index (κ2) is 8.53. The lowest BCUT2D eigenvalue weighted by atomic mass is 10.1. The molecule has 1 saturated heterocycles. The Morgan fingerprint density at radius 1 is 1.00 bits per heavy atom. The molecule has 0 unspecified atom stereocenters. The highest BCUT2D eigenvalue weighted by atomic mass is 32.2. The maximum Gasteiger partial charge on any atom is 0.244 e. The predicted molar refractivity (Wildman–Crippen MR) is 104 cm³/mol. The Morgan fingerprint density at radius 3 is 2.21 bits per heavy atom. The molecule has 0 spiro atoms. The lowest BCUT2D eigenvalue weighted by Gasteiger charge is -2.25. The molecule has 28 heavy (non-hydrogen) atoms. The highest BCUT2D eigenvalue weighted by Gasteiger charge is 2.26. The third-order valence-electron chi connectivity index (χ3n) is 4.21. The molecule has 2 heterocycles. The summed E-state index contributed by atoms with van der Waals surface area (Å²) in [6.07, 6.45) is 1.34. The Kier molecular flexibility index (Phi) is 6.30. The van der Waals surface area contributed by atoms with Gasteiger partial charge in [0.1, 0.15) is 10.7 Å². The molecule has 0 atom stereocenters. The van der Waals surface area contributed by atoms with E-state index in [1.807, 2.05) is 0 Å². The van der Waals surface area contributed by atoms with Crippen molar-refractivity contribution >= 4 is 25.9 Å². The van der Waals surface area contributed by atoms with Crippen LogP contribution in [0.3, 0.4) is 0 Å². The van der Waals surface area contributed by atoms with Crippen LogP contribution in [0.5, 0.6) is 0 Å². The first kappa shape index (κ1) is 20.7. The Labute approximate surface area is 164 Å². The molecule has 1 aliphatic heterocycles. The highest BCUT2D eigenvalue weighted by molar-refractivity contribution is 7.89. The van der Waals surface area contributed by atoms with E-state index in [9.17, 15) is 16.8 Å². The molecule has 0 radical (unpaired) electrons. The average molecular weight is 427 g/mol.